The minimum absolute atomic E-state index is 0.0163. The van der Waals surface area contributed by atoms with E-state index in [1.54, 1.807) is 0 Å². The van der Waals surface area contributed by atoms with Crippen LogP contribution in [-0.4, -0.2) is 41.1 Å². The highest BCUT2D eigenvalue weighted by Gasteiger charge is 2.30. The van der Waals surface area contributed by atoms with E-state index in [2.05, 4.69) is 10.2 Å². The van der Waals surface area contributed by atoms with Crippen LogP contribution < -0.4 is 11.1 Å². The fourth-order valence-electron chi connectivity index (χ4n) is 2.52. The van der Waals surface area contributed by atoms with E-state index in [9.17, 15) is 9.90 Å². The van der Waals surface area contributed by atoms with Gasteiger partial charge in [-0.05, 0) is 25.0 Å². The van der Waals surface area contributed by atoms with E-state index < -0.39 is 5.60 Å². The fraction of sp³-hybridized carbons (Fsp3) is 0.533. The van der Waals surface area contributed by atoms with Crippen LogP contribution in [0.4, 0.5) is 5.69 Å². The molecule has 5 heteroatoms. The third-order valence-electron chi connectivity index (χ3n) is 3.70. The molecule has 4 N–H and O–H groups in total. The van der Waals surface area contributed by atoms with Gasteiger partial charge in [0.2, 0.25) is 5.91 Å². The molecule has 1 amide bonds. The van der Waals surface area contributed by atoms with Crippen LogP contribution in [0.3, 0.4) is 0 Å². The lowest BCUT2D eigenvalue weighted by Crippen LogP contribution is -2.31. The molecule has 5 nitrogen and oxygen atoms in total. The normalized spacial score (nSPS) is 22.9. The van der Waals surface area contributed by atoms with Gasteiger partial charge in [-0.25, -0.2) is 0 Å². The number of nitrogens with two attached hydrogens (primary N) is 1. The van der Waals surface area contributed by atoms with Crippen LogP contribution in [0.2, 0.25) is 0 Å². The molecule has 1 saturated heterocycles. The summed E-state index contributed by atoms with van der Waals surface area (Å²) in [5, 5.41) is 12.8. The summed E-state index contributed by atoms with van der Waals surface area (Å²) in [6, 6.07) is 7.56. The van der Waals surface area contributed by atoms with Crippen LogP contribution >= 0.6 is 0 Å². The zero-order valence-corrected chi connectivity index (χ0v) is 11.9. The van der Waals surface area contributed by atoms with Gasteiger partial charge in [0.05, 0.1) is 5.60 Å². The molecule has 1 aliphatic rings. The van der Waals surface area contributed by atoms with Crippen molar-refractivity contribution in [1.82, 2.24) is 4.90 Å². The topological polar surface area (TPSA) is 78.6 Å². The van der Waals surface area contributed by atoms with Gasteiger partial charge in [0.1, 0.15) is 0 Å². The summed E-state index contributed by atoms with van der Waals surface area (Å²) in [5.41, 5.74) is 6.75. The fourth-order valence-corrected chi connectivity index (χ4v) is 2.52. The van der Waals surface area contributed by atoms with E-state index in [0.717, 1.165) is 24.2 Å². The third kappa shape index (κ3) is 4.03. The van der Waals surface area contributed by atoms with E-state index in [-0.39, 0.29) is 5.91 Å². The Balaban J connectivity index is 1.81. The largest absolute Gasteiger partial charge is 0.389 e. The SMILES string of the molecule is CC1(O)CCN(CCC(=O)Nc2ccccc2CN)C1. The zero-order chi connectivity index (χ0) is 14.6. The lowest BCUT2D eigenvalue weighted by Gasteiger charge is -2.18. The van der Waals surface area contributed by atoms with E-state index >= 15 is 0 Å². The quantitative estimate of drug-likeness (QED) is 0.748. The van der Waals surface area contributed by atoms with Crippen LogP contribution in [0.25, 0.3) is 0 Å². The van der Waals surface area contributed by atoms with Gasteiger partial charge in [-0.3, -0.25) is 9.69 Å². The minimum Gasteiger partial charge on any atom is -0.389 e. The first kappa shape index (κ1) is 15.0. The number of hydrogen-bond donors (Lipinski definition) is 3. The molecule has 0 aromatic heterocycles. The first-order chi connectivity index (χ1) is 9.50. The molecule has 110 valence electrons. The molecule has 2 rings (SSSR count). The number of hydrogen-bond acceptors (Lipinski definition) is 4. The number of nitrogens with zero attached hydrogens (tertiary/aromatic N) is 1. The smallest absolute Gasteiger partial charge is 0.225 e. The second-order valence-corrected chi connectivity index (χ2v) is 5.68. The van der Waals surface area contributed by atoms with Crippen LogP contribution in [0.1, 0.15) is 25.3 Å². The van der Waals surface area contributed by atoms with Crippen molar-refractivity contribution in [3.8, 4) is 0 Å². The van der Waals surface area contributed by atoms with E-state index in [0.29, 0.717) is 26.1 Å². The number of amides is 1. The first-order valence-corrected chi connectivity index (χ1v) is 7.03. The maximum Gasteiger partial charge on any atom is 0.225 e. The highest BCUT2D eigenvalue weighted by atomic mass is 16.3. The van der Waals surface area contributed by atoms with Crippen molar-refractivity contribution in [3.63, 3.8) is 0 Å². The van der Waals surface area contributed by atoms with Gasteiger partial charge in [0, 0.05) is 38.3 Å². The lowest BCUT2D eigenvalue weighted by atomic mass is 10.1. The monoisotopic (exact) mass is 277 g/mol. The van der Waals surface area contributed by atoms with Crippen molar-refractivity contribution in [3.05, 3.63) is 29.8 Å². The number of para-hydroxylation sites is 1. The summed E-state index contributed by atoms with van der Waals surface area (Å²) in [5.74, 6) is -0.0163. The Hall–Kier alpha value is -1.43. The molecular formula is C15H23N3O2. The maximum absolute atomic E-state index is 12.0. The molecule has 1 unspecified atom stereocenters. The second-order valence-electron chi connectivity index (χ2n) is 5.68. The molecular weight excluding hydrogens is 254 g/mol. The minimum atomic E-state index is -0.609. The summed E-state index contributed by atoms with van der Waals surface area (Å²) in [7, 11) is 0. The molecule has 1 fully saturated rings. The predicted octanol–water partition coefficient (Wildman–Crippen LogP) is 0.931. The molecule has 0 radical (unpaired) electrons. The number of rotatable bonds is 5. The molecule has 20 heavy (non-hydrogen) atoms. The van der Waals surface area contributed by atoms with Gasteiger partial charge in [-0.2, -0.15) is 0 Å². The van der Waals surface area contributed by atoms with Crippen LogP contribution in [-0.2, 0) is 11.3 Å². The Labute approximate surface area is 119 Å². The Morgan fingerprint density at radius 1 is 1.50 bits per heavy atom. The molecule has 0 bridgehead atoms. The van der Waals surface area contributed by atoms with Crippen LogP contribution in [0, 0.1) is 0 Å². The molecule has 1 aliphatic heterocycles. The highest BCUT2D eigenvalue weighted by molar-refractivity contribution is 5.91. The lowest BCUT2D eigenvalue weighted by molar-refractivity contribution is -0.116. The maximum atomic E-state index is 12.0. The third-order valence-corrected chi connectivity index (χ3v) is 3.70. The van der Waals surface area contributed by atoms with E-state index in [4.69, 9.17) is 5.73 Å². The summed E-state index contributed by atoms with van der Waals surface area (Å²) in [6.07, 6.45) is 1.19. The Bertz CT molecular complexity index is 474. The Kier molecular flexibility index (Phi) is 4.75. The molecule has 1 heterocycles. The standard InChI is InChI=1S/C15H23N3O2/c1-15(20)7-9-18(11-15)8-6-14(19)17-13-5-3-2-4-12(13)10-16/h2-5,20H,6-11,16H2,1H3,(H,17,19). The van der Waals surface area contributed by atoms with Gasteiger partial charge in [-0.15, -0.1) is 0 Å². The highest BCUT2D eigenvalue weighted by Crippen LogP contribution is 2.20. The van der Waals surface area contributed by atoms with Crippen molar-refractivity contribution in [2.45, 2.75) is 31.9 Å². The summed E-state index contributed by atoms with van der Waals surface area (Å²) < 4.78 is 0. The number of carbonyl (C=O) groups is 1. The van der Waals surface area contributed by atoms with Crippen LogP contribution in [0.5, 0.6) is 0 Å². The number of β-amino-alcohol motifs (C(OH)–C–C–N with tert-alkyl or cyclic N) is 1. The number of nitrogens with one attached hydrogen (secondary N) is 1. The second kappa shape index (κ2) is 6.35. The van der Waals surface area contributed by atoms with Crippen molar-refractivity contribution >= 4 is 11.6 Å². The average Bonchev–Trinajstić information content (AvgIpc) is 2.77. The number of likely N-dealkylation sites (tertiary alicyclic amines) is 1. The van der Waals surface area contributed by atoms with Gasteiger partial charge in [0.15, 0.2) is 0 Å². The van der Waals surface area contributed by atoms with Crippen molar-refractivity contribution in [2.24, 2.45) is 5.73 Å². The van der Waals surface area contributed by atoms with Crippen molar-refractivity contribution in [2.75, 3.05) is 25.0 Å². The molecule has 1 aromatic carbocycles. The zero-order valence-electron chi connectivity index (χ0n) is 11.9. The molecule has 0 spiro atoms. The number of anilines is 1. The Morgan fingerprint density at radius 3 is 2.90 bits per heavy atom. The summed E-state index contributed by atoms with van der Waals surface area (Å²) >= 11 is 0. The van der Waals surface area contributed by atoms with Crippen molar-refractivity contribution < 1.29 is 9.90 Å². The molecule has 1 aromatic rings. The van der Waals surface area contributed by atoms with Crippen LogP contribution in [0.15, 0.2) is 24.3 Å². The number of benzene rings is 1. The summed E-state index contributed by atoms with van der Waals surface area (Å²) in [6.45, 7) is 4.40. The van der Waals surface area contributed by atoms with Crippen molar-refractivity contribution in [1.29, 1.82) is 0 Å². The molecule has 0 saturated carbocycles. The van der Waals surface area contributed by atoms with Gasteiger partial charge >= 0.3 is 0 Å². The van der Waals surface area contributed by atoms with Gasteiger partial charge < -0.3 is 16.2 Å². The van der Waals surface area contributed by atoms with Gasteiger partial charge in [0.25, 0.3) is 0 Å². The van der Waals surface area contributed by atoms with E-state index in [1.807, 2.05) is 31.2 Å². The number of aliphatic hydroxyl groups is 1. The van der Waals surface area contributed by atoms with E-state index in [1.165, 1.54) is 0 Å². The average molecular weight is 277 g/mol. The Morgan fingerprint density at radius 2 is 2.25 bits per heavy atom. The van der Waals surface area contributed by atoms with Gasteiger partial charge in [-0.1, -0.05) is 18.2 Å². The molecule has 0 aliphatic carbocycles. The molecule has 1 atom stereocenters. The summed E-state index contributed by atoms with van der Waals surface area (Å²) in [4.78, 5) is 14.1. The predicted molar refractivity (Wildman–Crippen MR) is 79.3 cm³/mol. The first-order valence-electron chi connectivity index (χ1n) is 7.03. The number of carbonyl (C=O) groups excluding carboxylic acids is 1.